The van der Waals surface area contributed by atoms with E-state index in [-0.39, 0.29) is 0 Å². The maximum absolute atomic E-state index is 3.65. The van der Waals surface area contributed by atoms with Crippen molar-refractivity contribution >= 4 is 15.9 Å². The van der Waals surface area contributed by atoms with E-state index < -0.39 is 0 Å². The largest absolute Gasteiger partial charge is 0.307 e. The molecule has 0 bridgehead atoms. The first kappa shape index (κ1) is 13.7. The van der Waals surface area contributed by atoms with Crippen LogP contribution in [0.15, 0.2) is 28.7 Å². The lowest BCUT2D eigenvalue weighted by Gasteiger charge is -2.24. The SMILES string of the molecule is CCC(C)C(C)N[C@H](C)c1cccc(Br)c1. The summed E-state index contributed by atoms with van der Waals surface area (Å²) in [5.74, 6) is 0.717. The molecule has 0 spiro atoms. The fourth-order valence-corrected chi connectivity index (χ4v) is 2.20. The van der Waals surface area contributed by atoms with Crippen molar-refractivity contribution in [2.24, 2.45) is 5.92 Å². The highest BCUT2D eigenvalue weighted by Gasteiger charge is 2.13. The predicted molar refractivity (Wildman–Crippen MR) is 74.6 cm³/mol. The maximum Gasteiger partial charge on any atom is 0.0294 e. The molecule has 0 saturated heterocycles. The van der Waals surface area contributed by atoms with E-state index in [0.717, 1.165) is 10.4 Å². The zero-order valence-corrected chi connectivity index (χ0v) is 12.2. The van der Waals surface area contributed by atoms with Crippen LogP contribution in [0.5, 0.6) is 0 Å². The van der Waals surface area contributed by atoms with E-state index in [0.29, 0.717) is 12.1 Å². The molecule has 1 N–H and O–H groups in total. The van der Waals surface area contributed by atoms with Gasteiger partial charge in [0.1, 0.15) is 0 Å². The van der Waals surface area contributed by atoms with Gasteiger partial charge in [0.15, 0.2) is 0 Å². The van der Waals surface area contributed by atoms with Crippen LogP contribution in [-0.4, -0.2) is 6.04 Å². The standard InChI is InChI=1S/C14H22BrN/c1-5-10(2)11(3)16-12(4)13-7-6-8-14(15)9-13/h6-12,16H,5H2,1-4H3/t10?,11?,12-/m1/s1. The summed E-state index contributed by atoms with van der Waals surface area (Å²) < 4.78 is 1.15. The van der Waals surface area contributed by atoms with E-state index in [1.165, 1.54) is 12.0 Å². The van der Waals surface area contributed by atoms with Gasteiger partial charge in [0.25, 0.3) is 0 Å². The molecule has 2 heteroatoms. The molecule has 0 fully saturated rings. The zero-order chi connectivity index (χ0) is 12.1. The zero-order valence-electron chi connectivity index (χ0n) is 10.6. The number of benzene rings is 1. The van der Waals surface area contributed by atoms with Gasteiger partial charge in [0.05, 0.1) is 0 Å². The minimum absolute atomic E-state index is 0.404. The summed E-state index contributed by atoms with van der Waals surface area (Å²) in [5.41, 5.74) is 1.34. The van der Waals surface area contributed by atoms with Gasteiger partial charge in [-0.15, -0.1) is 0 Å². The lowest BCUT2D eigenvalue weighted by molar-refractivity contribution is 0.360. The van der Waals surface area contributed by atoms with Gasteiger partial charge in [-0.25, -0.2) is 0 Å². The molecule has 90 valence electrons. The Bertz CT molecular complexity index is 324. The van der Waals surface area contributed by atoms with Crippen molar-refractivity contribution in [1.82, 2.24) is 5.32 Å². The summed E-state index contributed by atoms with van der Waals surface area (Å²) in [6, 6.07) is 9.47. The Balaban J connectivity index is 2.61. The van der Waals surface area contributed by atoms with Crippen molar-refractivity contribution in [2.75, 3.05) is 0 Å². The van der Waals surface area contributed by atoms with Crippen LogP contribution in [0, 0.1) is 5.92 Å². The van der Waals surface area contributed by atoms with Crippen LogP contribution in [0.2, 0.25) is 0 Å². The van der Waals surface area contributed by atoms with Crippen molar-refractivity contribution in [2.45, 2.75) is 46.2 Å². The van der Waals surface area contributed by atoms with E-state index in [1.807, 2.05) is 0 Å². The van der Waals surface area contributed by atoms with Crippen LogP contribution in [0.1, 0.15) is 45.7 Å². The molecule has 0 radical (unpaired) electrons. The smallest absolute Gasteiger partial charge is 0.0294 e. The van der Waals surface area contributed by atoms with E-state index >= 15 is 0 Å². The number of rotatable bonds is 5. The Hall–Kier alpha value is -0.340. The van der Waals surface area contributed by atoms with Crippen molar-refractivity contribution < 1.29 is 0 Å². The molecule has 16 heavy (non-hydrogen) atoms. The van der Waals surface area contributed by atoms with Crippen molar-refractivity contribution in [1.29, 1.82) is 0 Å². The number of halogens is 1. The van der Waals surface area contributed by atoms with Crippen LogP contribution in [-0.2, 0) is 0 Å². The lowest BCUT2D eigenvalue weighted by Crippen LogP contribution is -2.33. The summed E-state index contributed by atoms with van der Waals surface area (Å²) in [6.45, 7) is 9.03. The molecule has 0 aliphatic heterocycles. The highest BCUT2D eigenvalue weighted by atomic mass is 79.9. The third kappa shape index (κ3) is 3.91. The first-order chi connectivity index (χ1) is 7.54. The van der Waals surface area contributed by atoms with Gasteiger partial charge < -0.3 is 5.32 Å². The quantitative estimate of drug-likeness (QED) is 0.837. The van der Waals surface area contributed by atoms with Crippen LogP contribution >= 0.6 is 15.9 Å². The van der Waals surface area contributed by atoms with Gasteiger partial charge in [0, 0.05) is 16.6 Å². The fraction of sp³-hybridized carbons (Fsp3) is 0.571. The highest BCUT2D eigenvalue weighted by molar-refractivity contribution is 9.10. The third-order valence-corrected chi connectivity index (χ3v) is 3.85. The maximum atomic E-state index is 3.65. The van der Waals surface area contributed by atoms with E-state index in [2.05, 4.69) is 73.2 Å². The van der Waals surface area contributed by atoms with Gasteiger partial charge in [-0.1, -0.05) is 48.3 Å². The van der Waals surface area contributed by atoms with Gasteiger partial charge in [-0.05, 0) is 37.5 Å². The van der Waals surface area contributed by atoms with Gasteiger partial charge in [-0.2, -0.15) is 0 Å². The summed E-state index contributed by atoms with van der Waals surface area (Å²) in [7, 11) is 0. The van der Waals surface area contributed by atoms with E-state index in [4.69, 9.17) is 0 Å². The molecule has 1 nitrogen and oxygen atoms in total. The molecule has 1 aromatic rings. The predicted octanol–water partition coefficient (Wildman–Crippen LogP) is 4.53. The Morgan fingerprint density at radius 3 is 2.50 bits per heavy atom. The normalized spacial score (nSPS) is 16.8. The molecular weight excluding hydrogens is 262 g/mol. The summed E-state index contributed by atoms with van der Waals surface area (Å²) in [5, 5.41) is 3.65. The van der Waals surface area contributed by atoms with Crippen molar-refractivity contribution in [3.63, 3.8) is 0 Å². The molecule has 0 aromatic heterocycles. The van der Waals surface area contributed by atoms with Crippen molar-refractivity contribution in [3.8, 4) is 0 Å². The second kappa shape index (κ2) is 6.41. The molecule has 1 aromatic carbocycles. The Morgan fingerprint density at radius 2 is 1.94 bits per heavy atom. The minimum atomic E-state index is 0.404. The van der Waals surface area contributed by atoms with Crippen LogP contribution < -0.4 is 5.32 Å². The van der Waals surface area contributed by atoms with Crippen LogP contribution in [0.25, 0.3) is 0 Å². The summed E-state index contributed by atoms with van der Waals surface area (Å²) >= 11 is 3.51. The Kier molecular flexibility index (Phi) is 5.50. The lowest BCUT2D eigenvalue weighted by atomic mass is 9.99. The average molecular weight is 284 g/mol. The Morgan fingerprint density at radius 1 is 1.25 bits per heavy atom. The topological polar surface area (TPSA) is 12.0 Å². The minimum Gasteiger partial charge on any atom is -0.307 e. The van der Waals surface area contributed by atoms with Crippen LogP contribution in [0.4, 0.5) is 0 Å². The first-order valence-corrected chi connectivity index (χ1v) is 6.85. The molecule has 2 unspecified atom stereocenters. The molecule has 3 atom stereocenters. The van der Waals surface area contributed by atoms with E-state index in [9.17, 15) is 0 Å². The molecule has 0 heterocycles. The monoisotopic (exact) mass is 283 g/mol. The summed E-state index contributed by atoms with van der Waals surface area (Å²) in [6.07, 6.45) is 1.22. The van der Waals surface area contributed by atoms with Gasteiger partial charge in [0.2, 0.25) is 0 Å². The van der Waals surface area contributed by atoms with E-state index in [1.54, 1.807) is 0 Å². The second-order valence-corrected chi connectivity index (χ2v) is 5.53. The Labute approximate surface area is 108 Å². The van der Waals surface area contributed by atoms with Gasteiger partial charge in [-0.3, -0.25) is 0 Å². The molecule has 0 aliphatic rings. The average Bonchev–Trinajstić information content (AvgIpc) is 2.27. The molecular formula is C14H22BrN. The van der Waals surface area contributed by atoms with Crippen LogP contribution in [0.3, 0.4) is 0 Å². The van der Waals surface area contributed by atoms with Gasteiger partial charge >= 0.3 is 0 Å². The third-order valence-electron chi connectivity index (χ3n) is 3.36. The highest BCUT2D eigenvalue weighted by Crippen LogP contribution is 2.19. The number of nitrogens with one attached hydrogen (secondary N) is 1. The first-order valence-electron chi connectivity index (χ1n) is 6.06. The number of hydrogen-bond acceptors (Lipinski definition) is 1. The molecule has 1 rings (SSSR count). The number of hydrogen-bond donors (Lipinski definition) is 1. The summed E-state index contributed by atoms with van der Waals surface area (Å²) in [4.78, 5) is 0. The fourth-order valence-electron chi connectivity index (χ4n) is 1.78. The van der Waals surface area contributed by atoms with Crippen molar-refractivity contribution in [3.05, 3.63) is 34.3 Å². The second-order valence-electron chi connectivity index (χ2n) is 4.62. The molecule has 0 amide bonds. The molecule has 0 saturated carbocycles. The molecule has 0 aliphatic carbocycles.